The normalized spacial score (nSPS) is 21.8. The molecule has 2 aliphatic rings. The van der Waals surface area contributed by atoms with Crippen LogP contribution in [0.2, 0.25) is 0 Å². The molecule has 0 bridgehead atoms. The largest absolute Gasteiger partial charge is 0.496 e. The van der Waals surface area contributed by atoms with E-state index in [0.717, 1.165) is 25.1 Å². The Bertz CT molecular complexity index is 1210. The number of rotatable bonds is 6. The van der Waals surface area contributed by atoms with Gasteiger partial charge >= 0.3 is 0 Å². The summed E-state index contributed by atoms with van der Waals surface area (Å²) < 4.78 is 18.0. The maximum absolute atomic E-state index is 13.2. The predicted octanol–water partition coefficient (Wildman–Crippen LogP) is 3.13. The van der Waals surface area contributed by atoms with Crippen molar-refractivity contribution in [1.29, 1.82) is 0 Å². The van der Waals surface area contributed by atoms with E-state index < -0.39 is 0 Å². The van der Waals surface area contributed by atoms with Crippen molar-refractivity contribution in [2.24, 2.45) is 5.92 Å². The van der Waals surface area contributed by atoms with Gasteiger partial charge in [0.15, 0.2) is 11.5 Å². The number of fused-ring (bicyclic) bond motifs is 4. The number of ether oxygens (including phenoxy) is 3. The van der Waals surface area contributed by atoms with Crippen LogP contribution in [0.25, 0.3) is 10.9 Å². The first-order valence-corrected chi connectivity index (χ1v) is 11.1. The van der Waals surface area contributed by atoms with E-state index in [1.165, 1.54) is 17.5 Å². The van der Waals surface area contributed by atoms with Crippen LogP contribution in [-0.4, -0.2) is 43.5 Å². The Morgan fingerprint density at radius 3 is 2.66 bits per heavy atom. The summed E-state index contributed by atoms with van der Waals surface area (Å²) in [5.41, 5.74) is 3.29. The third kappa shape index (κ3) is 3.41. The van der Waals surface area contributed by atoms with E-state index >= 15 is 0 Å². The van der Waals surface area contributed by atoms with Crippen molar-refractivity contribution in [3.05, 3.63) is 58.1 Å². The van der Waals surface area contributed by atoms with Crippen LogP contribution in [0, 0.1) is 5.92 Å². The molecule has 1 N–H and O–H groups in total. The van der Waals surface area contributed by atoms with Crippen molar-refractivity contribution in [2.45, 2.75) is 37.8 Å². The van der Waals surface area contributed by atoms with Gasteiger partial charge in [-0.3, -0.25) is 9.36 Å². The molecule has 1 fully saturated rings. The van der Waals surface area contributed by atoms with Crippen LogP contribution >= 0.6 is 0 Å². The van der Waals surface area contributed by atoms with Gasteiger partial charge in [0.25, 0.3) is 5.56 Å². The van der Waals surface area contributed by atoms with Crippen LogP contribution in [0.1, 0.15) is 29.9 Å². The maximum atomic E-state index is 13.2. The number of hydrogen-bond donors (Lipinski definition) is 1. The van der Waals surface area contributed by atoms with E-state index in [1.807, 2.05) is 0 Å². The summed E-state index contributed by atoms with van der Waals surface area (Å²) in [5, 5.41) is 4.26. The molecule has 2 aromatic carbocycles. The molecule has 1 unspecified atom stereocenters. The number of aryl methyl sites for hydroxylation is 1. The number of aromatic nitrogens is 2. The zero-order valence-electron chi connectivity index (χ0n) is 18.8. The topological polar surface area (TPSA) is 74.6 Å². The molecule has 0 radical (unpaired) electrons. The lowest BCUT2D eigenvalue weighted by Gasteiger charge is -2.32. The fourth-order valence-corrected chi connectivity index (χ4v) is 5.53. The molecule has 32 heavy (non-hydrogen) atoms. The SMILES string of the molecule is COc1cc2ncn(CCC3NC[C@@H]4CCc5c(OC)cccc5[C@H]34)c(=O)c2cc1OC. The van der Waals surface area contributed by atoms with Gasteiger partial charge in [0.05, 0.1) is 38.6 Å². The van der Waals surface area contributed by atoms with Crippen molar-refractivity contribution in [1.82, 2.24) is 14.9 Å². The summed E-state index contributed by atoms with van der Waals surface area (Å²) >= 11 is 0. The van der Waals surface area contributed by atoms with Crippen LogP contribution in [0.3, 0.4) is 0 Å². The molecule has 3 aromatic rings. The lowest BCUT2D eigenvalue weighted by molar-refractivity contribution is 0.355. The van der Waals surface area contributed by atoms with E-state index in [0.29, 0.717) is 46.8 Å². The molecule has 168 valence electrons. The molecule has 5 rings (SSSR count). The van der Waals surface area contributed by atoms with E-state index in [2.05, 4.69) is 28.5 Å². The highest BCUT2D eigenvalue weighted by Crippen LogP contribution is 2.45. The lowest BCUT2D eigenvalue weighted by atomic mass is 9.73. The third-order valence-electron chi connectivity index (χ3n) is 7.11. The average molecular weight is 436 g/mol. The third-order valence-corrected chi connectivity index (χ3v) is 7.11. The smallest absolute Gasteiger partial charge is 0.261 e. The van der Waals surface area contributed by atoms with Crippen molar-refractivity contribution < 1.29 is 14.2 Å². The summed E-state index contributed by atoms with van der Waals surface area (Å²) in [7, 11) is 4.89. The predicted molar refractivity (Wildman–Crippen MR) is 123 cm³/mol. The first-order valence-electron chi connectivity index (χ1n) is 11.1. The molecule has 0 spiro atoms. The van der Waals surface area contributed by atoms with Gasteiger partial charge in [-0.2, -0.15) is 0 Å². The maximum Gasteiger partial charge on any atom is 0.261 e. The van der Waals surface area contributed by atoms with Gasteiger partial charge < -0.3 is 19.5 Å². The van der Waals surface area contributed by atoms with Gasteiger partial charge in [0.2, 0.25) is 0 Å². The second-order valence-electron chi connectivity index (χ2n) is 8.62. The minimum absolute atomic E-state index is 0.0591. The molecule has 3 atom stereocenters. The van der Waals surface area contributed by atoms with Crippen molar-refractivity contribution >= 4 is 10.9 Å². The Kier molecular flexibility index (Phi) is 5.51. The second kappa shape index (κ2) is 8.47. The fraction of sp³-hybridized carbons (Fsp3) is 0.440. The molecular formula is C25H29N3O4. The number of nitrogens with zero attached hydrogens (tertiary/aromatic N) is 2. The first kappa shape index (κ1) is 20.8. The van der Waals surface area contributed by atoms with Crippen LogP contribution in [0.5, 0.6) is 17.2 Å². The molecule has 1 aliphatic carbocycles. The fourth-order valence-electron chi connectivity index (χ4n) is 5.53. The molecule has 2 heterocycles. The van der Waals surface area contributed by atoms with E-state index in [1.54, 1.807) is 44.4 Å². The van der Waals surface area contributed by atoms with Crippen LogP contribution in [0.4, 0.5) is 0 Å². The number of benzene rings is 2. The van der Waals surface area contributed by atoms with Crippen LogP contribution in [0.15, 0.2) is 41.5 Å². The van der Waals surface area contributed by atoms with E-state index in [-0.39, 0.29) is 5.56 Å². The quantitative estimate of drug-likeness (QED) is 0.641. The van der Waals surface area contributed by atoms with E-state index in [9.17, 15) is 4.79 Å². The van der Waals surface area contributed by atoms with Gasteiger partial charge in [-0.1, -0.05) is 12.1 Å². The Hall–Kier alpha value is -3.06. The Morgan fingerprint density at radius 1 is 1.09 bits per heavy atom. The van der Waals surface area contributed by atoms with Crippen LogP contribution in [-0.2, 0) is 13.0 Å². The molecule has 7 nitrogen and oxygen atoms in total. The monoisotopic (exact) mass is 435 g/mol. The Balaban J connectivity index is 1.41. The van der Waals surface area contributed by atoms with Gasteiger partial charge in [-0.25, -0.2) is 4.98 Å². The van der Waals surface area contributed by atoms with E-state index in [4.69, 9.17) is 14.2 Å². The number of nitrogens with one attached hydrogen (secondary N) is 1. The highest BCUT2D eigenvalue weighted by molar-refractivity contribution is 5.81. The summed E-state index contributed by atoms with van der Waals surface area (Å²) in [4.78, 5) is 17.7. The lowest BCUT2D eigenvalue weighted by Crippen LogP contribution is -2.31. The molecule has 1 saturated heterocycles. The van der Waals surface area contributed by atoms with Crippen molar-refractivity contribution in [3.8, 4) is 17.2 Å². The molecular weight excluding hydrogens is 406 g/mol. The van der Waals surface area contributed by atoms with Gasteiger partial charge in [0, 0.05) is 24.6 Å². The molecule has 1 aromatic heterocycles. The zero-order valence-corrected chi connectivity index (χ0v) is 18.8. The molecule has 7 heteroatoms. The Labute approximate surface area is 187 Å². The summed E-state index contributed by atoms with van der Waals surface area (Å²) in [6, 6.07) is 10.2. The Morgan fingerprint density at radius 2 is 1.88 bits per heavy atom. The zero-order chi connectivity index (χ0) is 22.2. The molecule has 1 aliphatic heterocycles. The van der Waals surface area contributed by atoms with Gasteiger partial charge in [-0.15, -0.1) is 0 Å². The summed E-state index contributed by atoms with van der Waals surface area (Å²) in [5.74, 6) is 3.16. The standard InChI is InChI=1S/C25H29N3O4/c1-30-21-6-4-5-17-16(21)8-7-15-13-26-19(24(15)17)9-10-28-14-27-20-12-23(32-3)22(31-2)11-18(20)25(28)29/h4-6,11-12,14-15,19,24,26H,7-10,13H2,1-3H3/t15-,19?,24+/m0/s1. The van der Waals surface area contributed by atoms with Crippen molar-refractivity contribution in [3.63, 3.8) is 0 Å². The minimum atomic E-state index is -0.0591. The summed E-state index contributed by atoms with van der Waals surface area (Å²) in [6.07, 6.45) is 4.73. The highest BCUT2D eigenvalue weighted by Gasteiger charge is 2.40. The number of hydrogen-bond acceptors (Lipinski definition) is 6. The minimum Gasteiger partial charge on any atom is -0.496 e. The first-order chi connectivity index (χ1) is 15.6. The molecule has 0 saturated carbocycles. The van der Waals surface area contributed by atoms with Gasteiger partial charge in [-0.05, 0) is 55.0 Å². The average Bonchev–Trinajstić information content (AvgIpc) is 3.26. The summed E-state index contributed by atoms with van der Waals surface area (Å²) in [6.45, 7) is 1.63. The number of methoxy groups -OCH3 is 3. The molecule has 0 amide bonds. The highest BCUT2D eigenvalue weighted by atomic mass is 16.5. The second-order valence-corrected chi connectivity index (χ2v) is 8.62. The van der Waals surface area contributed by atoms with Gasteiger partial charge in [0.1, 0.15) is 5.75 Å². The van der Waals surface area contributed by atoms with Crippen LogP contribution < -0.4 is 25.1 Å². The van der Waals surface area contributed by atoms with Crippen molar-refractivity contribution in [2.75, 3.05) is 27.9 Å².